The van der Waals surface area contributed by atoms with Gasteiger partial charge in [0.05, 0.1) is 15.5 Å². The van der Waals surface area contributed by atoms with E-state index >= 15 is 0 Å². The molecule has 0 saturated carbocycles. The molecule has 2 aromatic rings. The van der Waals surface area contributed by atoms with E-state index < -0.39 is 5.97 Å². The van der Waals surface area contributed by atoms with Crippen molar-refractivity contribution in [2.75, 3.05) is 6.54 Å². The molecule has 0 spiro atoms. The molecule has 5 nitrogen and oxygen atoms in total. The predicted octanol–water partition coefficient (Wildman–Crippen LogP) is 4.91. The molecule has 0 aliphatic carbocycles. The highest BCUT2D eigenvalue weighted by Crippen LogP contribution is 2.34. The van der Waals surface area contributed by atoms with Crippen LogP contribution in [0.3, 0.4) is 0 Å². The van der Waals surface area contributed by atoms with Crippen molar-refractivity contribution < 1.29 is 19.1 Å². The summed E-state index contributed by atoms with van der Waals surface area (Å²) in [7, 11) is 0. The maximum absolute atomic E-state index is 12.4. The Hall–Kier alpha value is -2.09. The van der Waals surface area contributed by atoms with E-state index in [1.807, 2.05) is 6.92 Å². The third-order valence-electron chi connectivity index (χ3n) is 3.70. The molecule has 8 heteroatoms. The number of rotatable bonds is 5. The number of amides is 1. The van der Waals surface area contributed by atoms with Gasteiger partial charge in [0.1, 0.15) is 15.8 Å². The first-order valence-corrected chi connectivity index (χ1v) is 9.39. The molecule has 1 saturated heterocycles. The van der Waals surface area contributed by atoms with Crippen LogP contribution >= 0.6 is 35.6 Å². The molecule has 0 radical (unpaired) electrons. The fourth-order valence-corrected chi connectivity index (χ4v) is 3.96. The van der Waals surface area contributed by atoms with Crippen LogP contribution in [-0.4, -0.2) is 32.7 Å². The lowest BCUT2D eigenvalue weighted by Gasteiger charge is -2.11. The smallest absolute Gasteiger partial charge is 0.337 e. The Bertz CT molecular complexity index is 935. The molecule has 26 heavy (non-hydrogen) atoms. The van der Waals surface area contributed by atoms with Gasteiger partial charge >= 0.3 is 5.97 Å². The van der Waals surface area contributed by atoms with Gasteiger partial charge in [0.25, 0.3) is 5.91 Å². The number of hydrogen-bond donors (Lipinski definition) is 1. The predicted molar refractivity (Wildman–Crippen MR) is 106 cm³/mol. The fraction of sp³-hybridized carbons (Fsp3) is 0.167. The van der Waals surface area contributed by atoms with Crippen molar-refractivity contribution in [3.8, 4) is 11.3 Å². The third-order valence-corrected chi connectivity index (χ3v) is 5.41. The van der Waals surface area contributed by atoms with Crippen LogP contribution in [0.5, 0.6) is 0 Å². The van der Waals surface area contributed by atoms with Gasteiger partial charge < -0.3 is 9.52 Å². The summed E-state index contributed by atoms with van der Waals surface area (Å²) in [4.78, 5) is 25.7. The van der Waals surface area contributed by atoms with Crippen molar-refractivity contribution in [1.82, 2.24) is 4.90 Å². The van der Waals surface area contributed by atoms with E-state index in [0.717, 1.165) is 6.42 Å². The Morgan fingerprint density at radius 1 is 1.38 bits per heavy atom. The summed E-state index contributed by atoms with van der Waals surface area (Å²) in [5, 5.41) is 9.33. The Balaban J connectivity index is 1.87. The van der Waals surface area contributed by atoms with Gasteiger partial charge in [-0.1, -0.05) is 42.5 Å². The summed E-state index contributed by atoms with van der Waals surface area (Å²) in [5.41, 5.74) is 0.590. The van der Waals surface area contributed by atoms with Crippen LogP contribution in [-0.2, 0) is 4.79 Å². The first kappa shape index (κ1) is 18.7. The highest BCUT2D eigenvalue weighted by molar-refractivity contribution is 8.26. The van der Waals surface area contributed by atoms with E-state index in [-0.39, 0.29) is 16.5 Å². The number of thiocarbonyl (C=S) groups is 1. The summed E-state index contributed by atoms with van der Waals surface area (Å²) < 4.78 is 6.29. The summed E-state index contributed by atoms with van der Waals surface area (Å²) in [6.45, 7) is 2.58. The van der Waals surface area contributed by atoms with Crippen molar-refractivity contribution in [1.29, 1.82) is 0 Å². The molecular formula is C18H14ClNO4S2. The number of carboxylic acid groups (broad SMARTS) is 1. The number of benzene rings is 1. The van der Waals surface area contributed by atoms with Crippen molar-refractivity contribution in [3.05, 3.63) is 51.6 Å². The van der Waals surface area contributed by atoms with Crippen LogP contribution in [0.25, 0.3) is 17.4 Å². The fourth-order valence-electron chi connectivity index (χ4n) is 2.47. The van der Waals surface area contributed by atoms with Gasteiger partial charge in [-0.3, -0.25) is 9.69 Å². The molecule has 1 aromatic heterocycles. The summed E-state index contributed by atoms with van der Waals surface area (Å²) in [6.07, 6.45) is 2.47. The summed E-state index contributed by atoms with van der Waals surface area (Å²) in [5.74, 6) is -0.258. The SMILES string of the molecule is CCCN1C(=O)/C(=C\c2ccc(-c3ccc(Cl)c(C(=O)O)c3)o2)SC1=S. The number of nitrogens with zero attached hydrogens (tertiary/aromatic N) is 1. The zero-order chi connectivity index (χ0) is 18.8. The average molecular weight is 408 g/mol. The molecule has 3 rings (SSSR count). The Morgan fingerprint density at radius 3 is 2.85 bits per heavy atom. The van der Waals surface area contributed by atoms with Crippen LogP contribution in [0.2, 0.25) is 5.02 Å². The van der Waals surface area contributed by atoms with E-state index in [4.69, 9.17) is 28.2 Å². The Labute approximate surface area is 164 Å². The monoisotopic (exact) mass is 407 g/mol. The lowest BCUT2D eigenvalue weighted by molar-refractivity contribution is -0.122. The van der Waals surface area contributed by atoms with Crippen LogP contribution < -0.4 is 0 Å². The highest BCUT2D eigenvalue weighted by atomic mass is 35.5. The number of halogens is 1. The largest absolute Gasteiger partial charge is 0.478 e. The number of carbonyl (C=O) groups is 2. The third kappa shape index (κ3) is 3.70. The minimum atomic E-state index is -1.11. The molecule has 1 aromatic carbocycles. The van der Waals surface area contributed by atoms with Gasteiger partial charge in [-0.15, -0.1) is 0 Å². The molecule has 0 bridgehead atoms. The number of carbonyl (C=O) groups excluding carboxylic acids is 1. The van der Waals surface area contributed by atoms with Crippen LogP contribution in [0, 0.1) is 0 Å². The lowest BCUT2D eigenvalue weighted by Crippen LogP contribution is -2.28. The van der Waals surface area contributed by atoms with Gasteiger partial charge in [0.2, 0.25) is 0 Å². The number of hydrogen-bond acceptors (Lipinski definition) is 5. The van der Waals surface area contributed by atoms with Gasteiger partial charge in [0, 0.05) is 18.2 Å². The molecule has 1 aliphatic rings. The standard InChI is InChI=1S/C18H14ClNO4S2/c1-2-7-20-16(21)15(26-18(20)25)9-11-4-6-14(24-11)10-3-5-13(19)12(8-10)17(22)23/h3-6,8-9H,2,7H2,1H3,(H,22,23)/b15-9+. The van der Waals surface area contributed by atoms with E-state index in [1.165, 1.54) is 23.9 Å². The van der Waals surface area contributed by atoms with Gasteiger partial charge in [-0.25, -0.2) is 4.79 Å². The molecule has 0 unspecified atom stereocenters. The maximum atomic E-state index is 12.4. The summed E-state index contributed by atoms with van der Waals surface area (Å²) in [6, 6.07) is 8.08. The molecule has 1 amide bonds. The van der Waals surface area contributed by atoms with E-state index in [1.54, 1.807) is 29.2 Å². The quantitative estimate of drug-likeness (QED) is 0.561. The lowest BCUT2D eigenvalue weighted by atomic mass is 10.1. The zero-order valence-electron chi connectivity index (χ0n) is 13.7. The highest BCUT2D eigenvalue weighted by Gasteiger charge is 2.31. The number of aromatic carboxylic acids is 1. The molecule has 1 aliphatic heterocycles. The van der Waals surface area contributed by atoms with E-state index in [0.29, 0.717) is 32.9 Å². The van der Waals surface area contributed by atoms with Crippen LogP contribution in [0.1, 0.15) is 29.5 Å². The molecular weight excluding hydrogens is 394 g/mol. The maximum Gasteiger partial charge on any atom is 0.337 e. The molecule has 2 heterocycles. The molecule has 1 N–H and O–H groups in total. The Kier molecular flexibility index (Phi) is 5.50. The first-order valence-electron chi connectivity index (χ1n) is 7.79. The van der Waals surface area contributed by atoms with E-state index in [2.05, 4.69) is 0 Å². The van der Waals surface area contributed by atoms with Crippen molar-refractivity contribution in [2.24, 2.45) is 0 Å². The average Bonchev–Trinajstić information content (AvgIpc) is 3.16. The number of carboxylic acids is 1. The second-order valence-electron chi connectivity index (χ2n) is 5.54. The van der Waals surface area contributed by atoms with E-state index in [9.17, 15) is 14.7 Å². The topological polar surface area (TPSA) is 70.8 Å². The number of thioether (sulfide) groups is 1. The minimum absolute atomic E-state index is 0.00236. The zero-order valence-corrected chi connectivity index (χ0v) is 16.1. The van der Waals surface area contributed by atoms with Gasteiger partial charge in [-0.2, -0.15) is 0 Å². The minimum Gasteiger partial charge on any atom is -0.478 e. The second-order valence-corrected chi connectivity index (χ2v) is 7.62. The van der Waals surface area contributed by atoms with Crippen molar-refractivity contribution >= 4 is 57.9 Å². The van der Waals surface area contributed by atoms with Crippen LogP contribution in [0.15, 0.2) is 39.7 Å². The number of furan rings is 1. The van der Waals surface area contributed by atoms with Crippen molar-refractivity contribution in [2.45, 2.75) is 13.3 Å². The summed E-state index contributed by atoms with van der Waals surface area (Å²) >= 11 is 12.4. The molecule has 1 fully saturated rings. The first-order chi connectivity index (χ1) is 12.4. The second kappa shape index (κ2) is 7.65. The van der Waals surface area contributed by atoms with Gasteiger partial charge in [-0.05, 0) is 36.8 Å². The van der Waals surface area contributed by atoms with Crippen molar-refractivity contribution in [3.63, 3.8) is 0 Å². The normalized spacial score (nSPS) is 15.9. The molecule has 0 atom stereocenters. The Morgan fingerprint density at radius 2 is 2.15 bits per heavy atom. The molecule has 134 valence electrons. The van der Waals surface area contributed by atoms with Crippen LogP contribution in [0.4, 0.5) is 0 Å². The van der Waals surface area contributed by atoms with Gasteiger partial charge in [0.15, 0.2) is 0 Å².